The number of nitrogens with zero attached hydrogens (tertiary/aromatic N) is 3. The number of anilines is 1. The van der Waals surface area contributed by atoms with Crippen molar-refractivity contribution in [1.29, 1.82) is 0 Å². The average Bonchev–Trinajstić information content (AvgIpc) is 2.62. The molecule has 26 heavy (non-hydrogen) atoms. The number of rotatable bonds is 5. The minimum Gasteiger partial charge on any atom is -0.497 e. The van der Waals surface area contributed by atoms with Gasteiger partial charge in [-0.25, -0.2) is 9.88 Å². The summed E-state index contributed by atoms with van der Waals surface area (Å²) in [4.78, 5) is 20.9. The second-order valence-electron chi connectivity index (χ2n) is 6.02. The van der Waals surface area contributed by atoms with Crippen molar-refractivity contribution in [3.8, 4) is 11.5 Å². The van der Waals surface area contributed by atoms with Gasteiger partial charge in [0.2, 0.25) is 12.1 Å². The van der Waals surface area contributed by atoms with Crippen LogP contribution in [0.5, 0.6) is 11.5 Å². The van der Waals surface area contributed by atoms with E-state index in [-0.39, 0.29) is 12.5 Å². The number of carbonyl (C=O) groups is 1. The molecule has 134 valence electrons. The highest BCUT2D eigenvalue weighted by atomic mass is 16.5. The standard InChI is InChI=1S/C19H20N4O3/c1-12-9-20-11-23(3)19(12)22-18(24)10-26-17-7-13(2)21-16-6-5-14(25-4)8-15(16)17/h5-9,11H,10H2,1-4H3/p+1. The van der Waals surface area contributed by atoms with Gasteiger partial charge < -0.3 is 9.47 Å². The van der Waals surface area contributed by atoms with Crippen molar-refractivity contribution >= 4 is 22.6 Å². The molecule has 0 aliphatic heterocycles. The maximum Gasteiger partial charge on any atom is 0.318 e. The van der Waals surface area contributed by atoms with E-state index >= 15 is 0 Å². The Bertz CT molecular complexity index is 952. The molecule has 7 nitrogen and oxygen atoms in total. The number of fused-ring (bicyclic) bond motifs is 1. The first-order valence-electron chi connectivity index (χ1n) is 8.16. The van der Waals surface area contributed by atoms with E-state index in [9.17, 15) is 4.79 Å². The molecule has 1 aromatic carbocycles. The Morgan fingerprint density at radius 1 is 1.27 bits per heavy atom. The van der Waals surface area contributed by atoms with E-state index in [0.29, 0.717) is 17.3 Å². The number of pyridine rings is 1. The highest BCUT2D eigenvalue weighted by Gasteiger charge is 2.15. The zero-order chi connectivity index (χ0) is 18.7. The Morgan fingerprint density at radius 3 is 2.81 bits per heavy atom. The van der Waals surface area contributed by atoms with Crippen LogP contribution in [0.15, 0.2) is 36.8 Å². The van der Waals surface area contributed by atoms with Gasteiger partial charge in [0, 0.05) is 17.1 Å². The highest BCUT2D eigenvalue weighted by molar-refractivity contribution is 5.92. The first kappa shape index (κ1) is 17.6. The van der Waals surface area contributed by atoms with Gasteiger partial charge in [0.25, 0.3) is 0 Å². The van der Waals surface area contributed by atoms with Crippen LogP contribution in [0, 0.1) is 13.8 Å². The fourth-order valence-electron chi connectivity index (χ4n) is 2.69. The number of hydrogen-bond donors (Lipinski definition) is 1. The fourth-order valence-corrected chi connectivity index (χ4v) is 2.69. The number of ether oxygens (including phenoxy) is 2. The third kappa shape index (κ3) is 3.72. The van der Waals surface area contributed by atoms with Crippen molar-refractivity contribution in [2.45, 2.75) is 13.8 Å². The lowest BCUT2D eigenvalue weighted by atomic mass is 10.1. The SMILES string of the molecule is COc1ccc2nc(C)cc(OCC(=O)Nc3c(C)cnc[n+]3C)c2c1. The molecule has 0 fully saturated rings. The summed E-state index contributed by atoms with van der Waals surface area (Å²) in [5.41, 5.74) is 2.48. The highest BCUT2D eigenvalue weighted by Crippen LogP contribution is 2.29. The summed E-state index contributed by atoms with van der Waals surface area (Å²) < 4.78 is 12.8. The second kappa shape index (κ2) is 7.35. The predicted octanol–water partition coefficient (Wildman–Crippen LogP) is 2.10. The van der Waals surface area contributed by atoms with Gasteiger partial charge in [-0.1, -0.05) is 0 Å². The van der Waals surface area contributed by atoms with Gasteiger partial charge in [-0.05, 0) is 32.0 Å². The summed E-state index contributed by atoms with van der Waals surface area (Å²) in [5.74, 6) is 1.74. The van der Waals surface area contributed by atoms with Crippen molar-refractivity contribution in [2.75, 3.05) is 19.0 Å². The van der Waals surface area contributed by atoms with E-state index in [1.165, 1.54) is 0 Å². The Hall–Kier alpha value is -3.22. The molecule has 1 N–H and O–H groups in total. The molecule has 0 bridgehead atoms. The average molecular weight is 353 g/mol. The second-order valence-corrected chi connectivity index (χ2v) is 6.02. The maximum absolute atomic E-state index is 12.3. The topological polar surface area (TPSA) is 77.2 Å². The minimum absolute atomic E-state index is 0.114. The zero-order valence-corrected chi connectivity index (χ0v) is 15.2. The molecule has 2 heterocycles. The first-order valence-corrected chi connectivity index (χ1v) is 8.16. The Labute approximate surface area is 151 Å². The zero-order valence-electron chi connectivity index (χ0n) is 15.2. The molecule has 3 aromatic rings. The fraction of sp³-hybridized carbons (Fsp3) is 0.263. The van der Waals surface area contributed by atoms with Crippen LogP contribution < -0.4 is 19.4 Å². The van der Waals surface area contributed by atoms with Crippen LogP contribution in [0.25, 0.3) is 10.9 Å². The normalized spacial score (nSPS) is 10.6. The van der Waals surface area contributed by atoms with Crippen LogP contribution in [0.1, 0.15) is 11.3 Å². The van der Waals surface area contributed by atoms with Gasteiger partial charge in [-0.2, -0.15) is 0 Å². The molecule has 0 saturated carbocycles. The minimum atomic E-state index is -0.250. The number of benzene rings is 1. The van der Waals surface area contributed by atoms with E-state index in [0.717, 1.165) is 22.2 Å². The van der Waals surface area contributed by atoms with Gasteiger partial charge in [0.1, 0.15) is 17.7 Å². The summed E-state index contributed by atoms with van der Waals surface area (Å²) in [6.07, 6.45) is 3.33. The number of carbonyl (C=O) groups excluding carboxylic acids is 1. The van der Waals surface area contributed by atoms with Crippen molar-refractivity contribution in [1.82, 2.24) is 9.97 Å². The monoisotopic (exact) mass is 353 g/mol. The van der Waals surface area contributed by atoms with Crippen molar-refractivity contribution in [3.63, 3.8) is 0 Å². The van der Waals surface area contributed by atoms with Gasteiger partial charge in [-0.15, -0.1) is 4.98 Å². The lowest BCUT2D eigenvalue weighted by molar-refractivity contribution is -0.660. The molecule has 0 radical (unpaired) electrons. The molecule has 1 amide bonds. The van der Waals surface area contributed by atoms with Crippen LogP contribution in [0.3, 0.4) is 0 Å². The molecule has 3 rings (SSSR count). The molecule has 0 atom stereocenters. The Balaban J connectivity index is 1.80. The van der Waals surface area contributed by atoms with E-state index < -0.39 is 0 Å². The molecule has 0 unspecified atom stereocenters. The lowest BCUT2D eigenvalue weighted by Crippen LogP contribution is -2.36. The molecule has 0 spiro atoms. The van der Waals surface area contributed by atoms with Crippen LogP contribution in [-0.4, -0.2) is 29.6 Å². The smallest absolute Gasteiger partial charge is 0.318 e. The van der Waals surface area contributed by atoms with Gasteiger partial charge in [0.05, 0.1) is 25.2 Å². The molecular weight excluding hydrogens is 332 g/mol. The summed E-state index contributed by atoms with van der Waals surface area (Å²) in [5, 5.41) is 3.65. The van der Waals surface area contributed by atoms with Gasteiger partial charge >= 0.3 is 5.91 Å². The number of methoxy groups -OCH3 is 1. The first-order chi connectivity index (χ1) is 12.5. The van der Waals surface area contributed by atoms with E-state index in [1.54, 1.807) is 24.2 Å². The van der Waals surface area contributed by atoms with E-state index in [2.05, 4.69) is 15.3 Å². The molecule has 7 heteroatoms. The van der Waals surface area contributed by atoms with Crippen LogP contribution >= 0.6 is 0 Å². The van der Waals surface area contributed by atoms with Crippen molar-refractivity contribution < 1.29 is 18.8 Å². The Kier molecular flexibility index (Phi) is 4.97. The maximum atomic E-state index is 12.3. The van der Waals surface area contributed by atoms with Crippen molar-refractivity contribution in [2.24, 2.45) is 7.05 Å². The summed E-state index contributed by atoms with van der Waals surface area (Å²) in [6, 6.07) is 7.38. The van der Waals surface area contributed by atoms with Gasteiger partial charge in [0.15, 0.2) is 6.61 Å². The molecular formula is C19H21N4O3+. The van der Waals surface area contributed by atoms with E-state index in [4.69, 9.17) is 9.47 Å². The van der Waals surface area contributed by atoms with Crippen LogP contribution in [-0.2, 0) is 11.8 Å². The molecule has 0 aliphatic carbocycles. The van der Waals surface area contributed by atoms with E-state index in [1.807, 2.05) is 45.2 Å². The lowest BCUT2D eigenvalue weighted by Gasteiger charge is -2.11. The largest absolute Gasteiger partial charge is 0.497 e. The van der Waals surface area contributed by atoms with Gasteiger partial charge in [-0.3, -0.25) is 9.78 Å². The number of nitrogens with one attached hydrogen (secondary N) is 1. The third-order valence-corrected chi connectivity index (χ3v) is 3.96. The van der Waals surface area contributed by atoms with Crippen LogP contribution in [0.4, 0.5) is 5.82 Å². The molecule has 2 aromatic heterocycles. The predicted molar refractivity (Wildman–Crippen MR) is 97.3 cm³/mol. The molecule has 0 aliphatic rings. The molecule has 0 saturated heterocycles. The number of aromatic nitrogens is 3. The number of aryl methyl sites for hydroxylation is 3. The summed E-state index contributed by atoms with van der Waals surface area (Å²) >= 11 is 0. The van der Waals surface area contributed by atoms with Crippen LogP contribution in [0.2, 0.25) is 0 Å². The Morgan fingerprint density at radius 2 is 2.08 bits per heavy atom. The summed E-state index contributed by atoms with van der Waals surface area (Å²) in [7, 11) is 3.43. The summed E-state index contributed by atoms with van der Waals surface area (Å²) in [6.45, 7) is 3.66. The number of hydrogen-bond acceptors (Lipinski definition) is 5. The third-order valence-electron chi connectivity index (χ3n) is 3.96. The number of amides is 1. The quantitative estimate of drug-likeness (QED) is 0.711. The van der Waals surface area contributed by atoms with Crippen molar-refractivity contribution in [3.05, 3.63) is 48.0 Å².